The SMILES string of the molecule is CC1CC1CNC1=NCCN1. The van der Waals surface area contributed by atoms with Crippen molar-refractivity contribution in [2.75, 3.05) is 19.6 Å². The van der Waals surface area contributed by atoms with Crippen molar-refractivity contribution in [1.82, 2.24) is 10.6 Å². The molecule has 1 heterocycles. The first kappa shape index (κ1) is 6.95. The van der Waals surface area contributed by atoms with Gasteiger partial charge in [0.15, 0.2) is 5.96 Å². The number of guanidine groups is 1. The highest BCUT2D eigenvalue weighted by molar-refractivity contribution is 5.81. The fraction of sp³-hybridized carbons (Fsp3) is 0.875. The predicted molar refractivity (Wildman–Crippen MR) is 45.6 cm³/mol. The van der Waals surface area contributed by atoms with Crippen molar-refractivity contribution in [1.29, 1.82) is 0 Å². The van der Waals surface area contributed by atoms with Gasteiger partial charge in [0.05, 0.1) is 6.54 Å². The molecule has 0 radical (unpaired) electrons. The van der Waals surface area contributed by atoms with Gasteiger partial charge < -0.3 is 10.6 Å². The molecule has 62 valence electrons. The average Bonchev–Trinajstić information content (AvgIpc) is 2.55. The Morgan fingerprint density at radius 3 is 3.09 bits per heavy atom. The van der Waals surface area contributed by atoms with Gasteiger partial charge in [0.2, 0.25) is 0 Å². The normalized spacial score (nSPS) is 34.5. The van der Waals surface area contributed by atoms with Crippen molar-refractivity contribution in [2.24, 2.45) is 16.8 Å². The summed E-state index contributed by atoms with van der Waals surface area (Å²) in [5.41, 5.74) is 0. The topological polar surface area (TPSA) is 36.4 Å². The Morgan fingerprint density at radius 1 is 1.73 bits per heavy atom. The van der Waals surface area contributed by atoms with Crippen molar-refractivity contribution < 1.29 is 0 Å². The molecule has 0 amide bonds. The van der Waals surface area contributed by atoms with E-state index in [1.54, 1.807) is 0 Å². The van der Waals surface area contributed by atoms with Crippen LogP contribution in [0.3, 0.4) is 0 Å². The molecular formula is C8H15N3. The average molecular weight is 153 g/mol. The minimum atomic E-state index is 0.903. The number of nitrogens with zero attached hydrogens (tertiary/aromatic N) is 1. The van der Waals surface area contributed by atoms with Crippen molar-refractivity contribution in [3.8, 4) is 0 Å². The van der Waals surface area contributed by atoms with E-state index in [0.717, 1.165) is 37.4 Å². The molecule has 0 aromatic heterocycles. The molecule has 1 aliphatic heterocycles. The molecule has 2 N–H and O–H groups in total. The standard InChI is InChI=1S/C8H15N3/c1-6-4-7(6)5-11-8-9-2-3-10-8/h6-7H,2-5H2,1H3,(H2,9,10,11). The number of hydrogen-bond donors (Lipinski definition) is 2. The molecule has 0 spiro atoms. The maximum atomic E-state index is 4.25. The van der Waals surface area contributed by atoms with E-state index < -0.39 is 0 Å². The molecule has 3 nitrogen and oxygen atoms in total. The van der Waals surface area contributed by atoms with Gasteiger partial charge in [-0.05, 0) is 18.3 Å². The van der Waals surface area contributed by atoms with Crippen LogP contribution in [0.2, 0.25) is 0 Å². The number of hydrogen-bond acceptors (Lipinski definition) is 3. The first-order valence-corrected chi connectivity index (χ1v) is 4.38. The van der Waals surface area contributed by atoms with E-state index in [1.807, 2.05) is 0 Å². The third-order valence-corrected chi connectivity index (χ3v) is 2.48. The molecule has 1 aliphatic carbocycles. The molecule has 2 atom stereocenters. The molecule has 2 aliphatic rings. The molecule has 2 unspecified atom stereocenters. The first-order valence-electron chi connectivity index (χ1n) is 4.38. The summed E-state index contributed by atoms with van der Waals surface area (Å²) in [6, 6.07) is 0. The largest absolute Gasteiger partial charge is 0.356 e. The highest BCUT2D eigenvalue weighted by Gasteiger charge is 2.32. The van der Waals surface area contributed by atoms with Crippen LogP contribution >= 0.6 is 0 Å². The van der Waals surface area contributed by atoms with E-state index in [0.29, 0.717) is 0 Å². The number of aliphatic imine (C=N–C) groups is 1. The third-order valence-electron chi connectivity index (χ3n) is 2.48. The smallest absolute Gasteiger partial charge is 0.191 e. The highest BCUT2D eigenvalue weighted by atomic mass is 15.2. The predicted octanol–water partition coefficient (Wildman–Crippen LogP) is 0.191. The molecule has 0 aromatic carbocycles. The van der Waals surface area contributed by atoms with Crippen molar-refractivity contribution in [3.63, 3.8) is 0 Å². The van der Waals surface area contributed by atoms with Gasteiger partial charge in [-0.25, -0.2) is 0 Å². The van der Waals surface area contributed by atoms with Gasteiger partial charge in [0.1, 0.15) is 0 Å². The van der Waals surface area contributed by atoms with E-state index in [9.17, 15) is 0 Å². The van der Waals surface area contributed by atoms with Crippen LogP contribution in [0.1, 0.15) is 13.3 Å². The molecule has 3 heteroatoms. The Balaban J connectivity index is 1.66. The Labute approximate surface area is 67.3 Å². The first-order chi connectivity index (χ1) is 5.36. The van der Waals surface area contributed by atoms with Gasteiger partial charge in [0.25, 0.3) is 0 Å². The van der Waals surface area contributed by atoms with Gasteiger partial charge in [0, 0.05) is 13.1 Å². The lowest BCUT2D eigenvalue weighted by molar-refractivity contribution is 0.704. The fourth-order valence-corrected chi connectivity index (χ4v) is 1.43. The van der Waals surface area contributed by atoms with Crippen LogP contribution in [0, 0.1) is 11.8 Å². The van der Waals surface area contributed by atoms with Crippen LogP contribution in [-0.4, -0.2) is 25.6 Å². The lowest BCUT2D eigenvalue weighted by Crippen LogP contribution is -2.35. The van der Waals surface area contributed by atoms with Crippen LogP contribution in [0.15, 0.2) is 4.99 Å². The second-order valence-corrected chi connectivity index (χ2v) is 3.51. The number of nitrogens with one attached hydrogen (secondary N) is 2. The van der Waals surface area contributed by atoms with Gasteiger partial charge in [-0.2, -0.15) is 0 Å². The van der Waals surface area contributed by atoms with Crippen LogP contribution < -0.4 is 10.6 Å². The maximum Gasteiger partial charge on any atom is 0.191 e. The van der Waals surface area contributed by atoms with Crippen molar-refractivity contribution in [3.05, 3.63) is 0 Å². The summed E-state index contributed by atoms with van der Waals surface area (Å²) in [4.78, 5) is 4.25. The zero-order valence-corrected chi connectivity index (χ0v) is 6.93. The molecule has 2 rings (SSSR count). The molecule has 1 saturated carbocycles. The zero-order valence-electron chi connectivity index (χ0n) is 6.93. The van der Waals surface area contributed by atoms with Crippen LogP contribution in [0.25, 0.3) is 0 Å². The molecule has 11 heavy (non-hydrogen) atoms. The Morgan fingerprint density at radius 2 is 2.55 bits per heavy atom. The van der Waals surface area contributed by atoms with E-state index in [4.69, 9.17) is 0 Å². The third kappa shape index (κ3) is 1.64. The van der Waals surface area contributed by atoms with Crippen molar-refractivity contribution in [2.45, 2.75) is 13.3 Å². The van der Waals surface area contributed by atoms with Crippen LogP contribution in [0.5, 0.6) is 0 Å². The second kappa shape index (κ2) is 2.72. The highest BCUT2D eigenvalue weighted by Crippen LogP contribution is 2.36. The minimum Gasteiger partial charge on any atom is -0.356 e. The van der Waals surface area contributed by atoms with Gasteiger partial charge in [-0.1, -0.05) is 6.92 Å². The van der Waals surface area contributed by atoms with Gasteiger partial charge in [-0.3, -0.25) is 4.99 Å². The Hall–Kier alpha value is -0.730. The summed E-state index contributed by atoms with van der Waals surface area (Å²) < 4.78 is 0. The molecule has 1 fully saturated rings. The van der Waals surface area contributed by atoms with Crippen LogP contribution in [0.4, 0.5) is 0 Å². The molecule has 0 saturated heterocycles. The zero-order chi connectivity index (χ0) is 7.68. The molecule has 0 aromatic rings. The van der Waals surface area contributed by atoms with Crippen molar-refractivity contribution >= 4 is 5.96 Å². The summed E-state index contributed by atoms with van der Waals surface area (Å²) in [5, 5.41) is 6.51. The quantitative estimate of drug-likeness (QED) is 0.594. The molecular weight excluding hydrogens is 138 g/mol. The summed E-state index contributed by atoms with van der Waals surface area (Å²) in [5.74, 6) is 2.84. The Bertz CT molecular complexity index is 176. The van der Waals surface area contributed by atoms with Gasteiger partial charge >= 0.3 is 0 Å². The van der Waals surface area contributed by atoms with Gasteiger partial charge in [-0.15, -0.1) is 0 Å². The Kier molecular flexibility index (Phi) is 1.72. The summed E-state index contributed by atoms with van der Waals surface area (Å²) in [6.45, 7) is 5.34. The van der Waals surface area contributed by atoms with E-state index in [1.165, 1.54) is 6.42 Å². The van der Waals surface area contributed by atoms with Crippen LogP contribution in [-0.2, 0) is 0 Å². The summed E-state index contributed by atoms with van der Waals surface area (Å²) in [7, 11) is 0. The number of rotatable bonds is 2. The summed E-state index contributed by atoms with van der Waals surface area (Å²) in [6.07, 6.45) is 1.39. The maximum absolute atomic E-state index is 4.25. The second-order valence-electron chi connectivity index (χ2n) is 3.51. The van der Waals surface area contributed by atoms with E-state index in [-0.39, 0.29) is 0 Å². The fourth-order valence-electron chi connectivity index (χ4n) is 1.43. The summed E-state index contributed by atoms with van der Waals surface area (Å²) >= 11 is 0. The lowest BCUT2D eigenvalue weighted by atomic mass is 10.3. The van der Waals surface area contributed by atoms with E-state index in [2.05, 4.69) is 22.5 Å². The lowest BCUT2D eigenvalue weighted by Gasteiger charge is -2.04. The minimum absolute atomic E-state index is 0.903. The van der Waals surface area contributed by atoms with E-state index >= 15 is 0 Å². The monoisotopic (exact) mass is 153 g/mol. The molecule has 0 bridgehead atoms.